The molecule has 24 heavy (non-hydrogen) atoms. The Morgan fingerprint density at radius 3 is 2.46 bits per heavy atom. The van der Waals surface area contributed by atoms with Gasteiger partial charge in [0.15, 0.2) is 0 Å². The molecule has 0 aliphatic rings. The maximum absolute atomic E-state index is 12.0. The van der Waals surface area contributed by atoms with Gasteiger partial charge in [-0.15, -0.1) is 16.4 Å². The lowest BCUT2D eigenvalue weighted by Crippen LogP contribution is -2.10. The summed E-state index contributed by atoms with van der Waals surface area (Å²) in [6.07, 6.45) is 0. The number of anilines is 1. The first-order valence-electron chi connectivity index (χ1n) is 6.72. The third-order valence-corrected chi connectivity index (χ3v) is 4.27. The van der Waals surface area contributed by atoms with Crippen molar-refractivity contribution >= 4 is 34.9 Å². The van der Waals surface area contributed by atoms with Crippen LogP contribution in [0.3, 0.4) is 0 Å². The van der Waals surface area contributed by atoms with Gasteiger partial charge >= 0.3 is 6.01 Å². The molecule has 3 aromatic rings. The molecule has 7 nitrogen and oxygen atoms in total. The molecule has 2 heterocycles. The van der Waals surface area contributed by atoms with Crippen LogP contribution in [-0.2, 0) is 0 Å². The fourth-order valence-corrected chi connectivity index (χ4v) is 2.85. The van der Waals surface area contributed by atoms with E-state index in [0.717, 1.165) is 11.3 Å². The second-order valence-electron chi connectivity index (χ2n) is 4.57. The Hall–Kier alpha value is -2.58. The lowest BCUT2D eigenvalue weighted by molar-refractivity contribution is 0.102. The van der Waals surface area contributed by atoms with Crippen molar-refractivity contribution in [2.75, 3.05) is 19.5 Å². The Morgan fingerprint density at radius 2 is 1.88 bits per heavy atom. The van der Waals surface area contributed by atoms with Crippen molar-refractivity contribution in [3.63, 3.8) is 0 Å². The van der Waals surface area contributed by atoms with Crippen molar-refractivity contribution in [3.05, 3.63) is 39.5 Å². The smallest absolute Gasteiger partial charge is 0.322 e. The quantitative estimate of drug-likeness (QED) is 0.741. The number of ether oxygens (including phenoxy) is 2. The maximum Gasteiger partial charge on any atom is 0.322 e. The Bertz CT molecular complexity index is 855. The van der Waals surface area contributed by atoms with E-state index in [2.05, 4.69) is 15.5 Å². The van der Waals surface area contributed by atoms with E-state index in [0.29, 0.717) is 26.3 Å². The van der Waals surface area contributed by atoms with Gasteiger partial charge < -0.3 is 13.9 Å². The molecule has 1 N–H and O–H groups in total. The summed E-state index contributed by atoms with van der Waals surface area (Å²) in [5.41, 5.74) is 0.610. The number of carbonyl (C=O) groups is 1. The van der Waals surface area contributed by atoms with Crippen molar-refractivity contribution in [3.8, 4) is 23.0 Å². The van der Waals surface area contributed by atoms with Crippen LogP contribution in [0.5, 0.6) is 11.5 Å². The van der Waals surface area contributed by atoms with Crippen LogP contribution in [0.4, 0.5) is 6.01 Å². The van der Waals surface area contributed by atoms with Crippen molar-refractivity contribution in [1.82, 2.24) is 10.2 Å². The third-order valence-electron chi connectivity index (χ3n) is 3.04. The van der Waals surface area contributed by atoms with Gasteiger partial charge in [-0.2, -0.15) is 0 Å². The van der Waals surface area contributed by atoms with Gasteiger partial charge in [0, 0.05) is 11.6 Å². The van der Waals surface area contributed by atoms with E-state index in [1.807, 2.05) is 0 Å². The Morgan fingerprint density at radius 1 is 1.17 bits per heavy atom. The predicted octanol–water partition coefficient (Wildman–Crippen LogP) is 3.72. The molecule has 9 heteroatoms. The van der Waals surface area contributed by atoms with E-state index in [9.17, 15) is 4.79 Å². The molecule has 1 aromatic carbocycles. The molecule has 0 saturated heterocycles. The van der Waals surface area contributed by atoms with Gasteiger partial charge in [-0.3, -0.25) is 10.1 Å². The average molecular weight is 366 g/mol. The largest absolute Gasteiger partial charge is 0.497 e. The summed E-state index contributed by atoms with van der Waals surface area (Å²) in [6.45, 7) is 0. The van der Waals surface area contributed by atoms with Crippen LogP contribution < -0.4 is 14.8 Å². The van der Waals surface area contributed by atoms with Gasteiger partial charge in [-0.1, -0.05) is 16.7 Å². The lowest BCUT2D eigenvalue weighted by atomic mass is 10.2. The summed E-state index contributed by atoms with van der Waals surface area (Å²) in [6, 6.07) is 8.42. The number of aromatic nitrogens is 2. The normalized spacial score (nSPS) is 10.5. The standard InChI is InChI=1S/C15H12ClN3O4S/c1-21-9-5-8(6-10(7-9)22-2)14-18-19-15(23-14)17-13(20)11-3-4-12(16)24-11/h3-7H,1-2H3,(H,17,19,20). The summed E-state index contributed by atoms with van der Waals surface area (Å²) in [5, 5.41) is 10.3. The van der Waals surface area contributed by atoms with Crippen molar-refractivity contribution in [1.29, 1.82) is 0 Å². The molecule has 1 amide bonds. The molecule has 0 aliphatic heterocycles. The number of methoxy groups -OCH3 is 2. The number of carbonyl (C=O) groups excluding carboxylic acids is 1. The number of nitrogens with one attached hydrogen (secondary N) is 1. The summed E-state index contributed by atoms with van der Waals surface area (Å²) < 4.78 is 16.4. The molecule has 0 spiro atoms. The minimum absolute atomic E-state index is 0.0127. The highest BCUT2D eigenvalue weighted by atomic mass is 35.5. The number of rotatable bonds is 5. The minimum atomic E-state index is -0.370. The number of thiophene rings is 1. The predicted molar refractivity (Wildman–Crippen MR) is 90.1 cm³/mol. The van der Waals surface area contributed by atoms with E-state index in [1.165, 1.54) is 0 Å². The maximum atomic E-state index is 12.0. The summed E-state index contributed by atoms with van der Waals surface area (Å²) >= 11 is 6.97. The van der Waals surface area contributed by atoms with Gasteiger partial charge in [-0.05, 0) is 24.3 Å². The number of halogens is 1. The highest BCUT2D eigenvalue weighted by Gasteiger charge is 2.15. The Kier molecular flexibility index (Phi) is 4.68. The molecule has 124 valence electrons. The molecule has 0 aliphatic carbocycles. The van der Waals surface area contributed by atoms with Crippen LogP contribution in [0.1, 0.15) is 9.67 Å². The van der Waals surface area contributed by atoms with E-state index >= 15 is 0 Å². The van der Waals surface area contributed by atoms with Gasteiger partial charge in [0.2, 0.25) is 5.89 Å². The van der Waals surface area contributed by atoms with Gasteiger partial charge in [0.05, 0.1) is 23.4 Å². The van der Waals surface area contributed by atoms with Gasteiger partial charge in [-0.25, -0.2) is 0 Å². The first kappa shape index (κ1) is 16.3. The number of hydrogen-bond donors (Lipinski definition) is 1. The van der Waals surface area contributed by atoms with Crippen LogP contribution >= 0.6 is 22.9 Å². The first-order chi connectivity index (χ1) is 11.6. The van der Waals surface area contributed by atoms with Crippen molar-refractivity contribution < 1.29 is 18.7 Å². The van der Waals surface area contributed by atoms with Crippen LogP contribution in [0.15, 0.2) is 34.7 Å². The monoisotopic (exact) mass is 365 g/mol. The fourth-order valence-electron chi connectivity index (χ4n) is 1.92. The summed E-state index contributed by atoms with van der Waals surface area (Å²) in [4.78, 5) is 12.5. The van der Waals surface area contributed by atoms with Crippen LogP contribution in [0.25, 0.3) is 11.5 Å². The fraction of sp³-hybridized carbons (Fsp3) is 0.133. The molecule has 0 bridgehead atoms. The van der Waals surface area contributed by atoms with Crippen molar-refractivity contribution in [2.24, 2.45) is 0 Å². The van der Waals surface area contributed by atoms with Crippen LogP contribution in [-0.4, -0.2) is 30.3 Å². The van der Waals surface area contributed by atoms with Gasteiger partial charge in [0.25, 0.3) is 5.91 Å². The van der Waals surface area contributed by atoms with E-state index < -0.39 is 0 Å². The summed E-state index contributed by atoms with van der Waals surface area (Å²) in [7, 11) is 3.09. The number of benzene rings is 1. The Balaban J connectivity index is 1.81. The molecule has 0 fully saturated rings. The minimum Gasteiger partial charge on any atom is -0.497 e. The van der Waals surface area contributed by atoms with E-state index in [-0.39, 0.29) is 17.8 Å². The van der Waals surface area contributed by atoms with E-state index in [1.54, 1.807) is 44.6 Å². The molecule has 0 atom stereocenters. The van der Waals surface area contributed by atoms with Crippen LogP contribution in [0, 0.1) is 0 Å². The molecular weight excluding hydrogens is 354 g/mol. The Labute approximate surface area is 146 Å². The number of hydrogen-bond acceptors (Lipinski definition) is 7. The lowest BCUT2D eigenvalue weighted by Gasteiger charge is -2.05. The molecule has 0 unspecified atom stereocenters. The van der Waals surface area contributed by atoms with Crippen LogP contribution in [0.2, 0.25) is 4.34 Å². The second kappa shape index (κ2) is 6.90. The van der Waals surface area contributed by atoms with E-state index in [4.69, 9.17) is 25.5 Å². The molecule has 0 saturated carbocycles. The zero-order valence-electron chi connectivity index (χ0n) is 12.7. The summed E-state index contributed by atoms with van der Waals surface area (Å²) in [5.74, 6) is 1.03. The molecule has 0 radical (unpaired) electrons. The second-order valence-corrected chi connectivity index (χ2v) is 6.29. The highest BCUT2D eigenvalue weighted by molar-refractivity contribution is 7.18. The zero-order chi connectivity index (χ0) is 17.1. The average Bonchev–Trinajstić information content (AvgIpc) is 3.23. The molecular formula is C15H12ClN3O4S. The van der Waals surface area contributed by atoms with Gasteiger partial charge in [0.1, 0.15) is 11.5 Å². The highest BCUT2D eigenvalue weighted by Crippen LogP contribution is 2.30. The first-order valence-corrected chi connectivity index (χ1v) is 7.92. The zero-order valence-corrected chi connectivity index (χ0v) is 14.3. The SMILES string of the molecule is COc1cc(OC)cc(-c2nnc(NC(=O)c3ccc(Cl)s3)o2)c1. The third kappa shape index (κ3) is 3.50. The number of nitrogens with zero attached hydrogens (tertiary/aromatic N) is 2. The molecule has 3 rings (SSSR count). The topological polar surface area (TPSA) is 86.5 Å². The number of amides is 1. The molecule has 2 aromatic heterocycles. The van der Waals surface area contributed by atoms with Crippen molar-refractivity contribution in [2.45, 2.75) is 0 Å².